The van der Waals surface area contributed by atoms with Crippen molar-refractivity contribution in [1.29, 1.82) is 0 Å². The summed E-state index contributed by atoms with van der Waals surface area (Å²) >= 11 is 0. The highest BCUT2D eigenvalue weighted by atomic mass is 14.8. The standard InChI is InChI=1S/C54H58N4/c1-9-36-38(11-3)49-46(33-26-20-17-21-27-33)51-40(13-5)42(15-7)53(57-51)48(35-30-24-19-25-31-35)54-43(16-8)41(14-6)52(58-54)47(34-28-22-18-23-29-34)50-39(12-4)37(10-2)45(56-50)32-44(36)55-49/h17-32,55,58H,9-16H2,1-8H3. The van der Waals surface area contributed by atoms with Crippen molar-refractivity contribution in [3.63, 3.8) is 0 Å². The Morgan fingerprint density at radius 3 is 1.09 bits per heavy atom. The van der Waals surface area contributed by atoms with Crippen LogP contribution in [0.2, 0.25) is 0 Å². The van der Waals surface area contributed by atoms with Crippen molar-refractivity contribution in [3.05, 3.63) is 142 Å². The number of hydrogen-bond donors (Lipinski definition) is 2. The van der Waals surface area contributed by atoms with Gasteiger partial charge in [0.1, 0.15) is 0 Å². The summed E-state index contributed by atoms with van der Waals surface area (Å²) in [5, 5.41) is 0. The van der Waals surface area contributed by atoms with E-state index in [1.54, 1.807) is 0 Å². The van der Waals surface area contributed by atoms with Gasteiger partial charge in [0.05, 0.1) is 39.3 Å². The molecule has 5 heterocycles. The molecule has 294 valence electrons. The Hall–Kier alpha value is -5.74. The fourth-order valence-electron chi connectivity index (χ4n) is 10.0. The molecule has 0 radical (unpaired) electrons. The molecule has 0 saturated heterocycles. The lowest BCUT2D eigenvalue weighted by Gasteiger charge is -2.11. The number of benzene rings is 3. The molecule has 2 aliphatic heterocycles. The monoisotopic (exact) mass is 762 g/mol. The number of aryl methyl sites for hydroxylation is 4. The smallest absolute Gasteiger partial charge is 0.0772 e. The van der Waals surface area contributed by atoms with Gasteiger partial charge in [-0.15, -0.1) is 0 Å². The molecule has 8 rings (SSSR count). The molecule has 4 heteroatoms. The van der Waals surface area contributed by atoms with Crippen LogP contribution in [0.1, 0.15) is 126 Å². The number of aromatic nitrogens is 4. The predicted molar refractivity (Wildman–Crippen MR) is 250 cm³/mol. The zero-order chi connectivity index (χ0) is 40.5. The zero-order valence-electron chi connectivity index (χ0n) is 35.8. The van der Waals surface area contributed by atoms with Crippen LogP contribution in [0.4, 0.5) is 0 Å². The number of allylic oxidation sites excluding steroid dienone is 4. The van der Waals surface area contributed by atoms with Crippen LogP contribution in [0.25, 0.3) is 77.7 Å². The molecule has 4 nitrogen and oxygen atoms in total. The third-order valence-electron chi connectivity index (χ3n) is 12.6. The van der Waals surface area contributed by atoms with Gasteiger partial charge in [-0.05, 0) is 119 Å². The summed E-state index contributed by atoms with van der Waals surface area (Å²) in [4.78, 5) is 20.0. The Morgan fingerprint density at radius 1 is 0.362 bits per heavy atom. The summed E-state index contributed by atoms with van der Waals surface area (Å²) in [6.45, 7) is 18.4. The number of fused-ring (bicyclic) bond motifs is 8. The van der Waals surface area contributed by atoms with Crippen molar-refractivity contribution in [1.82, 2.24) is 19.9 Å². The van der Waals surface area contributed by atoms with E-state index in [1.165, 1.54) is 94.5 Å². The van der Waals surface area contributed by atoms with Crippen molar-refractivity contribution in [2.75, 3.05) is 0 Å². The summed E-state index contributed by atoms with van der Waals surface area (Å²) in [5.74, 6) is 0. The average molecular weight is 763 g/mol. The van der Waals surface area contributed by atoms with Gasteiger partial charge in [0.15, 0.2) is 0 Å². The Labute approximate surface area is 345 Å². The topological polar surface area (TPSA) is 57.4 Å². The second-order valence-corrected chi connectivity index (χ2v) is 15.5. The van der Waals surface area contributed by atoms with Gasteiger partial charge in [-0.1, -0.05) is 146 Å². The highest BCUT2D eigenvalue weighted by Crippen LogP contribution is 2.48. The van der Waals surface area contributed by atoms with E-state index in [4.69, 9.17) is 9.97 Å². The Bertz CT molecular complexity index is 2690. The first kappa shape index (κ1) is 39.1. The zero-order valence-corrected chi connectivity index (χ0v) is 35.8. The van der Waals surface area contributed by atoms with Gasteiger partial charge in [-0.25, -0.2) is 9.97 Å². The minimum absolute atomic E-state index is 0.880. The van der Waals surface area contributed by atoms with Crippen LogP contribution in [0.5, 0.6) is 0 Å². The molecule has 0 spiro atoms. The quantitative estimate of drug-likeness (QED) is 0.138. The summed E-state index contributed by atoms with van der Waals surface area (Å²) in [5.41, 5.74) is 26.8. The molecular weight excluding hydrogens is 705 g/mol. The largest absolute Gasteiger partial charge is 0.354 e. The van der Waals surface area contributed by atoms with Crippen LogP contribution >= 0.6 is 0 Å². The van der Waals surface area contributed by atoms with Gasteiger partial charge in [0.25, 0.3) is 0 Å². The molecule has 3 aromatic heterocycles. The van der Waals surface area contributed by atoms with Crippen molar-refractivity contribution in [2.24, 2.45) is 0 Å². The van der Waals surface area contributed by atoms with Gasteiger partial charge < -0.3 is 9.97 Å². The van der Waals surface area contributed by atoms with E-state index in [9.17, 15) is 0 Å². The normalized spacial score (nSPS) is 12.9. The van der Waals surface area contributed by atoms with Crippen LogP contribution in [-0.2, 0) is 25.7 Å². The molecule has 0 atom stereocenters. The van der Waals surface area contributed by atoms with E-state index in [0.29, 0.717) is 0 Å². The molecule has 3 aromatic carbocycles. The molecule has 0 aliphatic carbocycles. The molecular formula is C54H58N4. The third kappa shape index (κ3) is 6.38. The lowest BCUT2D eigenvalue weighted by molar-refractivity contribution is 1.07. The van der Waals surface area contributed by atoms with Crippen molar-refractivity contribution < 1.29 is 0 Å². The number of nitrogens with zero attached hydrogens (tertiary/aromatic N) is 2. The molecule has 0 amide bonds. The Balaban J connectivity index is 1.76. The van der Waals surface area contributed by atoms with Gasteiger partial charge in [0.2, 0.25) is 0 Å². The molecule has 2 aliphatic rings. The van der Waals surface area contributed by atoms with E-state index < -0.39 is 0 Å². The van der Waals surface area contributed by atoms with Crippen molar-refractivity contribution in [2.45, 2.75) is 107 Å². The molecule has 58 heavy (non-hydrogen) atoms. The maximum Gasteiger partial charge on any atom is 0.0772 e. The lowest BCUT2D eigenvalue weighted by Crippen LogP contribution is -1.93. The van der Waals surface area contributed by atoms with Crippen LogP contribution in [-0.4, -0.2) is 19.9 Å². The molecule has 8 bridgehead atoms. The summed E-state index contributed by atoms with van der Waals surface area (Å²) in [7, 11) is 0. The molecule has 0 fully saturated rings. The van der Waals surface area contributed by atoms with E-state index in [2.05, 4.69) is 162 Å². The molecule has 0 unspecified atom stereocenters. The average Bonchev–Trinajstić information content (AvgIpc) is 4.02. The first-order valence-electron chi connectivity index (χ1n) is 21.9. The van der Waals surface area contributed by atoms with Gasteiger partial charge >= 0.3 is 0 Å². The highest BCUT2D eigenvalue weighted by molar-refractivity contribution is 6.07. The summed E-state index contributed by atoms with van der Waals surface area (Å²) in [6, 6.07) is 35.3. The summed E-state index contributed by atoms with van der Waals surface area (Å²) in [6.07, 6.45) is 7.18. The first-order chi connectivity index (χ1) is 28.5. The van der Waals surface area contributed by atoms with Gasteiger partial charge in [-0.2, -0.15) is 0 Å². The van der Waals surface area contributed by atoms with E-state index >= 15 is 0 Å². The number of rotatable bonds is 11. The number of hydrogen-bond acceptors (Lipinski definition) is 2. The van der Waals surface area contributed by atoms with Crippen LogP contribution < -0.4 is 0 Å². The lowest BCUT2D eigenvalue weighted by atomic mass is 9.90. The third-order valence-corrected chi connectivity index (χ3v) is 12.6. The maximum absolute atomic E-state index is 5.93. The van der Waals surface area contributed by atoms with Crippen LogP contribution in [0, 0.1) is 0 Å². The van der Waals surface area contributed by atoms with E-state index in [-0.39, 0.29) is 0 Å². The number of H-pyrrole nitrogens is 2. The summed E-state index contributed by atoms with van der Waals surface area (Å²) < 4.78 is 0. The molecule has 0 saturated carbocycles. The fourth-order valence-corrected chi connectivity index (χ4v) is 10.0. The maximum atomic E-state index is 5.93. The van der Waals surface area contributed by atoms with Crippen molar-refractivity contribution >= 4 is 44.4 Å². The van der Waals surface area contributed by atoms with Crippen molar-refractivity contribution in [3.8, 4) is 33.4 Å². The number of aromatic amines is 2. The van der Waals surface area contributed by atoms with E-state index in [0.717, 1.165) is 79.7 Å². The van der Waals surface area contributed by atoms with Gasteiger partial charge in [0, 0.05) is 22.2 Å². The number of nitrogens with one attached hydrogen (secondary N) is 2. The fraction of sp³-hybridized carbons (Fsp3) is 0.296. The highest BCUT2D eigenvalue weighted by Gasteiger charge is 2.29. The van der Waals surface area contributed by atoms with Gasteiger partial charge in [-0.3, -0.25) is 0 Å². The predicted octanol–water partition coefficient (Wildman–Crippen LogP) is 15.0. The SMILES string of the molecule is CCC1=C(CC)c2nc1cc1[nH]c(c(CC)c1CC)c(-c1ccccc1)c1nc(c(-c3ccccc3)c3[nH]c(c(CC)c3CC)c2-c2ccccc2)C(CC)=C1CC. The minimum Gasteiger partial charge on any atom is -0.354 e. The minimum atomic E-state index is 0.880. The Kier molecular flexibility index (Phi) is 11.2. The second kappa shape index (κ2) is 16.6. The molecule has 2 N–H and O–H groups in total. The van der Waals surface area contributed by atoms with E-state index in [1.807, 2.05) is 0 Å². The second-order valence-electron chi connectivity index (χ2n) is 15.5. The first-order valence-corrected chi connectivity index (χ1v) is 21.9. The van der Waals surface area contributed by atoms with Crippen LogP contribution in [0.15, 0.2) is 97.1 Å². The Morgan fingerprint density at radius 2 is 0.707 bits per heavy atom. The molecule has 6 aromatic rings. The van der Waals surface area contributed by atoms with Crippen LogP contribution in [0.3, 0.4) is 0 Å².